The van der Waals surface area contributed by atoms with Gasteiger partial charge in [-0.2, -0.15) is 0 Å². The van der Waals surface area contributed by atoms with E-state index < -0.39 is 5.82 Å². The molecule has 6 heteroatoms. The molecule has 0 aromatic heterocycles. The summed E-state index contributed by atoms with van der Waals surface area (Å²) in [5, 5.41) is 0. The van der Waals surface area contributed by atoms with Crippen LogP contribution in [0.4, 0.5) is 4.39 Å². The van der Waals surface area contributed by atoms with E-state index in [-0.39, 0.29) is 11.9 Å². The molecule has 132 valence electrons. The summed E-state index contributed by atoms with van der Waals surface area (Å²) < 4.78 is 24.8. The number of rotatable bonds is 4. The van der Waals surface area contributed by atoms with Crippen LogP contribution >= 0.6 is 15.9 Å². The van der Waals surface area contributed by atoms with E-state index in [1.54, 1.807) is 25.2 Å². The number of ether oxygens (including phenoxy) is 2. The first-order valence-corrected chi connectivity index (χ1v) is 8.82. The van der Waals surface area contributed by atoms with Crippen LogP contribution in [-0.2, 0) is 0 Å². The molecule has 0 bridgehead atoms. The van der Waals surface area contributed by atoms with Crippen LogP contribution in [0.5, 0.6) is 11.5 Å². The fraction of sp³-hybridized carbons (Fsp3) is 0.316. The molecular formula is C19H19BrFNO3. The number of benzene rings is 2. The Balaban J connectivity index is 1.92. The molecule has 0 saturated carbocycles. The summed E-state index contributed by atoms with van der Waals surface area (Å²) in [5.41, 5.74) is 1.32. The Hall–Kier alpha value is -2.08. The standard InChI is InChI=1S/C19H19BrFNO3/c1-24-17-8-5-12(10-18(17)25-2)16-4-3-9-22(16)19(23)14-11-13(21)6-7-15(14)20/h5-8,10-11,16H,3-4,9H2,1-2H3. The summed E-state index contributed by atoms with van der Waals surface area (Å²) in [6.45, 7) is 0.640. The highest BCUT2D eigenvalue weighted by Gasteiger charge is 2.32. The predicted molar refractivity (Wildman–Crippen MR) is 96.7 cm³/mol. The fourth-order valence-corrected chi connectivity index (χ4v) is 3.65. The van der Waals surface area contributed by atoms with Crippen molar-refractivity contribution in [1.29, 1.82) is 0 Å². The molecule has 2 aromatic carbocycles. The quantitative estimate of drug-likeness (QED) is 0.744. The van der Waals surface area contributed by atoms with Gasteiger partial charge in [-0.05, 0) is 64.7 Å². The van der Waals surface area contributed by atoms with Gasteiger partial charge < -0.3 is 14.4 Å². The molecular weight excluding hydrogens is 389 g/mol. The lowest BCUT2D eigenvalue weighted by Crippen LogP contribution is -2.31. The van der Waals surface area contributed by atoms with Crippen LogP contribution in [0.25, 0.3) is 0 Å². The molecule has 1 amide bonds. The van der Waals surface area contributed by atoms with Crippen molar-refractivity contribution in [3.8, 4) is 11.5 Å². The minimum atomic E-state index is -0.423. The minimum absolute atomic E-state index is 0.0672. The third-order valence-corrected chi connectivity index (χ3v) is 5.16. The third-order valence-electron chi connectivity index (χ3n) is 4.46. The largest absolute Gasteiger partial charge is 0.493 e. The first-order chi connectivity index (χ1) is 12.0. The van der Waals surface area contributed by atoms with E-state index in [0.717, 1.165) is 18.4 Å². The van der Waals surface area contributed by atoms with Gasteiger partial charge in [0.25, 0.3) is 5.91 Å². The third kappa shape index (κ3) is 3.49. The summed E-state index contributed by atoms with van der Waals surface area (Å²) in [4.78, 5) is 14.7. The second-order valence-corrected chi connectivity index (χ2v) is 6.75. The molecule has 1 fully saturated rings. The number of carbonyl (C=O) groups is 1. The van der Waals surface area contributed by atoms with Gasteiger partial charge in [-0.3, -0.25) is 4.79 Å². The molecule has 0 spiro atoms. The van der Waals surface area contributed by atoms with Crippen LogP contribution in [-0.4, -0.2) is 31.6 Å². The molecule has 2 aromatic rings. The lowest BCUT2D eigenvalue weighted by Gasteiger charge is -2.26. The zero-order valence-corrected chi connectivity index (χ0v) is 15.7. The molecule has 0 aliphatic carbocycles. The number of amides is 1. The molecule has 1 atom stereocenters. The summed E-state index contributed by atoms with van der Waals surface area (Å²) in [6.07, 6.45) is 1.76. The van der Waals surface area contributed by atoms with E-state index >= 15 is 0 Å². The predicted octanol–water partition coefficient (Wildman–Crippen LogP) is 4.58. The van der Waals surface area contributed by atoms with E-state index in [2.05, 4.69) is 15.9 Å². The minimum Gasteiger partial charge on any atom is -0.493 e. The molecule has 1 aliphatic rings. The van der Waals surface area contributed by atoms with Gasteiger partial charge in [0.15, 0.2) is 11.5 Å². The van der Waals surface area contributed by atoms with Gasteiger partial charge in [-0.25, -0.2) is 4.39 Å². The zero-order chi connectivity index (χ0) is 18.0. The first-order valence-electron chi connectivity index (χ1n) is 8.03. The van der Waals surface area contributed by atoms with Crippen LogP contribution in [0.15, 0.2) is 40.9 Å². The topological polar surface area (TPSA) is 38.8 Å². The normalized spacial score (nSPS) is 16.8. The van der Waals surface area contributed by atoms with E-state index in [0.29, 0.717) is 28.1 Å². The number of methoxy groups -OCH3 is 2. The number of nitrogens with zero attached hydrogens (tertiary/aromatic N) is 1. The SMILES string of the molecule is COc1ccc(C2CCCN2C(=O)c2cc(F)ccc2Br)cc1OC. The highest BCUT2D eigenvalue weighted by Crippen LogP contribution is 2.38. The average Bonchev–Trinajstić information content (AvgIpc) is 3.12. The lowest BCUT2D eigenvalue weighted by molar-refractivity contribution is 0.0734. The Bertz CT molecular complexity index is 796. The van der Waals surface area contributed by atoms with Crippen LogP contribution in [0.1, 0.15) is 34.8 Å². The van der Waals surface area contributed by atoms with Gasteiger partial charge in [-0.15, -0.1) is 0 Å². The Labute approximate surface area is 154 Å². The molecule has 0 radical (unpaired) electrons. The van der Waals surface area contributed by atoms with E-state index in [1.807, 2.05) is 18.2 Å². The van der Waals surface area contributed by atoms with Gasteiger partial charge >= 0.3 is 0 Å². The molecule has 1 saturated heterocycles. The van der Waals surface area contributed by atoms with Crippen LogP contribution in [0.2, 0.25) is 0 Å². The number of hydrogen-bond acceptors (Lipinski definition) is 3. The van der Waals surface area contributed by atoms with Gasteiger partial charge in [0.2, 0.25) is 0 Å². The molecule has 4 nitrogen and oxygen atoms in total. The van der Waals surface area contributed by atoms with E-state index in [9.17, 15) is 9.18 Å². The van der Waals surface area contributed by atoms with Gasteiger partial charge in [-0.1, -0.05) is 6.07 Å². The molecule has 0 N–H and O–H groups in total. The van der Waals surface area contributed by atoms with Gasteiger partial charge in [0.05, 0.1) is 25.8 Å². The second kappa shape index (κ2) is 7.44. The highest BCUT2D eigenvalue weighted by atomic mass is 79.9. The first kappa shape index (κ1) is 17.7. The Kier molecular flexibility index (Phi) is 5.27. The zero-order valence-electron chi connectivity index (χ0n) is 14.1. The molecule has 1 aliphatic heterocycles. The van der Waals surface area contributed by atoms with E-state index in [1.165, 1.54) is 12.1 Å². The van der Waals surface area contributed by atoms with Crippen molar-refractivity contribution in [2.24, 2.45) is 0 Å². The second-order valence-electron chi connectivity index (χ2n) is 5.90. The summed E-state index contributed by atoms with van der Waals surface area (Å²) in [6, 6.07) is 9.78. The Morgan fingerprint density at radius 3 is 2.64 bits per heavy atom. The number of halogens is 2. The highest BCUT2D eigenvalue weighted by molar-refractivity contribution is 9.10. The van der Waals surface area contributed by atoms with Gasteiger partial charge in [0, 0.05) is 11.0 Å². The molecule has 25 heavy (non-hydrogen) atoms. The summed E-state index contributed by atoms with van der Waals surface area (Å²) >= 11 is 3.35. The van der Waals surface area contributed by atoms with Crippen LogP contribution in [0, 0.1) is 5.82 Å². The summed E-state index contributed by atoms with van der Waals surface area (Å²) in [5.74, 6) is 0.679. The summed E-state index contributed by atoms with van der Waals surface area (Å²) in [7, 11) is 3.17. The monoisotopic (exact) mass is 407 g/mol. The lowest BCUT2D eigenvalue weighted by atomic mass is 10.0. The molecule has 3 rings (SSSR count). The molecule has 1 heterocycles. The average molecular weight is 408 g/mol. The van der Waals surface area contributed by atoms with Crippen LogP contribution < -0.4 is 9.47 Å². The Morgan fingerprint density at radius 1 is 1.16 bits per heavy atom. The van der Waals surface area contributed by atoms with Crippen molar-refractivity contribution >= 4 is 21.8 Å². The maximum absolute atomic E-state index is 13.6. The Morgan fingerprint density at radius 2 is 1.92 bits per heavy atom. The van der Waals surface area contributed by atoms with Crippen molar-refractivity contribution in [3.63, 3.8) is 0 Å². The smallest absolute Gasteiger partial charge is 0.255 e. The number of likely N-dealkylation sites (tertiary alicyclic amines) is 1. The maximum atomic E-state index is 13.6. The fourth-order valence-electron chi connectivity index (χ4n) is 3.23. The van der Waals surface area contributed by atoms with Crippen molar-refractivity contribution in [1.82, 2.24) is 4.90 Å². The van der Waals surface area contributed by atoms with E-state index in [4.69, 9.17) is 9.47 Å². The molecule has 1 unspecified atom stereocenters. The number of carbonyl (C=O) groups excluding carboxylic acids is 1. The maximum Gasteiger partial charge on any atom is 0.255 e. The van der Waals surface area contributed by atoms with Crippen molar-refractivity contribution in [3.05, 3.63) is 57.8 Å². The van der Waals surface area contributed by atoms with Gasteiger partial charge in [0.1, 0.15) is 5.82 Å². The van der Waals surface area contributed by atoms with Crippen molar-refractivity contribution < 1.29 is 18.7 Å². The van der Waals surface area contributed by atoms with Crippen molar-refractivity contribution in [2.45, 2.75) is 18.9 Å². The number of hydrogen-bond donors (Lipinski definition) is 0. The van der Waals surface area contributed by atoms with Crippen LogP contribution in [0.3, 0.4) is 0 Å². The van der Waals surface area contributed by atoms with Crippen molar-refractivity contribution in [2.75, 3.05) is 20.8 Å².